The number of hydrogen-bond donors (Lipinski definition) is 2. The van der Waals surface area contributed by atoms with Crippen molar-refractivity contribution >= 4 is 11.8 Å². The smallest absolute Gasteiger partial charge is 0.303 e. The Kier molecular flexibility index (Phi) is 8.99. The number of aliphatic hydroxyl groups is 1. The average molecular weight is 370 g/mol. The number of carbonyl (C=O) groups is 2. The minimum atomic E-state index is -0.774. The Bertz CT molecular complexity index is 648. The summed E-state index contributed by atoms with van der Waals surface area (Å²) in [6, 6.07) is 10.2. The molecule has 0 saturated heterocycles. The van der Waals surface area contributed by atoms with Gasteiger partial charge in [-0.2, -0.15) is 0 Å². The van der Waals surface area contributed by atoms with E-state index in [1.807, 2.05) is 36.4 Å². The standard InChI is InChI=1S/C23H30O4/c24-20(15-12-18-8-4-3-5-9-18)16-13-19-14-17-22(25)21(19)10-6-1-2-7-11-23(26)27/h1,3-6,8-9,14,17,19-21,24H,2,7,10-13,15-16H2,(H,26,27)/b6-1-/t19-,20+,21+/m0/s1. The second-order valence-corrected chi connectivity index (χ2v) is 7.28. The summed E-state index contributed by atoms with van der Waals surface area (Å²) in [4.78, 5) is 22.6. The zero-order valence-electron chi connectivity index (χ0n) is 15.8. The Morgan fingerprint density at radius 1 is 1.15 bits per heavy atom. The summed E-state index contributed by atoms with van der Waals surface area (Å²) in [5.41, 5.74) is 1.23. The lowest BCUT2D eigenvalue weighted by molar-refractivity contribution is -0.137. The molecule has 146 valence electrons. The van der Waals surface area contributed by atoms with Crippen molar-refractivity contribution in [3.05, 3.63) is 60.2 Å². The molecule has 2 N–H and O–H groups in total. The Morgan fingerprint density at radius 3 is 2.67 bits per heavy atom. The molecule has 0 aromatic heterocycles. The number of aryl methyl sites for hydroxylation is 1. The van der Waals surface area contributed by atoms with Gasteiger partial charge in [0.1, 0.15) is 0 Å². The maximum Gasteiger partial charge on any atom is 0.303 e. The summed E-state index contributed by atoms with van der Waals surface area (Å²) >= 11 is 0. The van der Waals surface area contributed by atoms with Gasteiger partial charge in [-0.05, 0) is 62.5 Å². The Balaban J connectivity index is 1.69. The van der Waals surface area contributed by atoms with Crippen molar-refractivity contribution in [2.45, 2.75) is 57.5 Å². The number of carboxylic acid groups (broad SMARTS) is 1. The lowest BCUT2D eigenvalue weighted by atomic mass is 9.86. The highest BCUT2D eigenvalue weighted by Crippen LogP contribution is 2.30. The van der Waals surface area contributed by atoms with Gasteiger partial charge in [0, 0.05) is 12.3 Å². The molecule has 1 aliphatic carbocycles. The van der Waals surface area contributed by atoms with Crippen LogP contribution in [0.1, 0.15) is 50.5 Å². The summed E-state index contributed by atoms with van der Waals surface area (Å²) in [5.74, 6) is -0.465. The van der Waals surface area contributed by atoms with Crippen molar-refractivity contribution in [2.75, 3.05) is 0 Å². The molecule has 27 heavy (non-hydrogen) atoms. The van der Waals surface area contributed by atoms with E-state index in [2.05, 4.69) is 12.1 Å². The average Bonchev–Trinajstić information content (AvgIpc) is 3.01. The van der Waals surface area contributed by atoms with Crippen LogP contribution in [0.5, 0.6) is 0 Å². The van der Waals surface area contributed by atoms with Crippen molar-refractivity contribution in [3.8, 4) is 0 Å². The van der Waals surface area contributed by atoms with Gasteiger partial charge in [-0.3, -0.25) is 9.59 Å². The highest BCUT2D eigenvalue weighted by Gasteiger charge is 2.29. The van der Waals surface area contributed by atoms with Gasteiger partial charge in [0.15, 0.2) is 5.78 Å². The second kappa shape index (κ2) is 11.5. The molecule has 2 rings (SSSR count). The largest absolute Gasteiger partial charge is 0.481 e. The van der Waals surface area contributed by atoms with E-state index < -0.39 is 5.97 Å². The number of aliphatic hydroxyl groups excluding tert-OH is 1. The molecular formula is C23H30O4. The van der Waals surface area contributed by atoms with Crippen LogP contribution in [-0.2, 0) is 16.0 Å². The fourth-order valence-electron chi connectivity index (χ4n) is 3.51. The number of rotatable bonds is 12. The molecule has 1 aromatic rings. The SMILES string of the molecule is O=C(O)CCC/C=C\C[C@H]1C(=O)C=C[C@@H]1CC[C@H](O)CCc1ccccc1. The number of benzene rings is 1. The van der Waals surface area contributed by atoms with E-state index in [1.54, 1.807) is 6.08 Å². The monoisotopic (exact) mass is 370 g/mol. The van der Waals surface area contributed by atoms with Gasteiger partial charge in [-0.1, -0.05) is 48.6 Å². The van der Waals surface area contributed by atoms with Crippen LogP contribution in [0.4, 0.5) is 0 Å². The quantitative estimate of drug-likeness (QED) is 0.424. The second-order valence-electron chi connectivity index (χ2n) is 7.28. The minimum absolute atomic E-state index is 0.0398. The number of aliphatic carboxylic acids is 1. The number of carbonyl (C=O) groups excluding carboxylic acids is 1. The Hall–Kier alpha value is -2.20. The predicted octanol–water partition coefficient (Wildman–Crippen LogP) is 4.33. The number of allylic oxidation sites excluding steroid dienone is 4. The van der Waals surface area contributed by atoms with Crippen LogP contribution in [0.15, 0.2) is 54.6 Å². The van der Waals surface area contributed by atoms with Crippen LogP contribution in [0.25, 0.3) is 0 Å². The van der Waals surface area contributed by atoms with Crippen molar-refractivity contribution in [1.29, 1.82) is 0 Å². The van der Waals surface area contributed by atoms with E-state index in [9.17, 15) is 14.7 Å². The molecule has 0 unspecified atom stereocenters. The molecule has 0 spiro atoms. The molecule has 0 saturated carbocycles. The highest BCUT2D eigenvalue weighted by atomic mass is 16.4. The van der Waals surface area contributed by atoms with Crippen LogP contribution in [0.2, 0.25) is 0 Å². The zero-order chi connectivity index (χ0) is 19.5. The molecule has 0 amide bonds. The fourth-order valence-corrected chi connectivity index (χ4v) is 3.51. The third-order valence-corrected chi connectivity index (χ3v) is 5.15. The van der Waals surface area contributed by atoms with E-state index in [-0.39, 0.29) is 30.1 Å². The van der Waals surface area contributed by atoms with Crippen molar-refractivity contribution in [3.63, 3.8) is 0 Å². The first-order valence-electron chi connectivity index (χ1n) is 9.87. The normalized spacial score (nSPS) is 20.4. The summed E-state index contributed by atoms with van der Waals surface area (Å²) in [7, 11) is 0. The van der Waals surface area contributed by atoms with E-state index in [0.717, 1.165) is 25.7 Å². The summed E-state index contributed by atoms with van der Waals surface area (Å²) in [6.45, 7) is 0. The van der Waals surface area contributed by atoms with E-state index in [4.69, 9.17) is 5.11 Å². The third kappa shape index (κ3) is 7.92. The molecule has 0 radical (unpaired) electrons. The number of ketones is 1. The number of hydrogen-bond acceptors (Lipinski definition) is 3. The third-order valence-electron chi connectivity index (χ3n) is 5.15. The molecule has 0 fully saturated rings. The molecule has 4 heteroatoms. The highest BCUT2D eigenvalue weighted by molar-refractivity contribution is 5.94. The van der Waals surface area contributed by atoms with Crippen molar-refractivity contribution in [1.82, 2.24) is 0 Å². The van der Waals surface area contributed by atoms with Crippen LogP contribution in [0, 0.1) is 11.8 Å². The van der Waals surface area contributed by atoms with Crippen molar-refractivity contribution in [2.24, 2.45) is 11.8 Å². The van der Waals surface area contributed by atoms with Gasteiger partial charge >= 0.3 is 5.97 Å². The minimum Gasteiger partial charge on any atom is -0.481 e. The summed E-state index contributed by atoms with van der Waals surface area (Å²) < 4.78 is 0. The predicted molar refractivity (Wildman–Crippen MR) is 106 cm³/mol. The summed E-state index contributed by atoms with van der Waals surface area (Å²) in [5, 5.41) is 18.9. The van der Waals surface area contributed by atoms with Gasteiger partial charge in [0.25, 0.3) is 0 Å². The molecule has 4 nitrogen and oxygen atoms in total. The molecule has 1 aromatic carbocycles. The van der Waals surface area contributed by atoms with Gasteiger partial charge in [-0.15, -0.1) is 0 Å². The molecule has 0 aliphatic heterocycles. The molecule has 0 bridgehead atoms. The topological polar surface area (TPSA) is 74.6 Å². The van der Waals surface area contributed by atoms with E-state index in [1.165, 1.54) is 5.56 Å². The van der Waals surface area contributed by atoms with Gasteiger partial charge in [-0.25, -0.2) is 0 Å². The maximum absolute atomic E-state index is 12.1. The Labute approximate surface area is 161 Å². The fraction of sp³-hybridized carbons (Fsp3) is 0.478. The molecule has 1 aliphatic rings. The van der Waals surface area contributed by atoms with Crippen LogP contribution < -0.4 is 0 Å². The van der Waals surface area contributed by atoms with E-state index in [0.29, 0.717) is 19.3 Å². The summed E-state index contributed by atoms with van der Waals surface area (Å²) in [6.07, 6.45) is 12.6. The van der Waals surface area contributed by atoms with Crippen LogP contribution >= 0.6 is 0 Å². The lowest BCUT2D eigenvalue weighted by Gasteiger charge is -2.18. The zero-order valence-corrected chi connectivity index (χ0v) is 15.8. The van der Waals surface area contributed by atoms with Gasteiger partial charge in [0.05, 0.1) is 6.10 Å². The van der Waals surface area contributed by atoms with Crippen LogP contribution in [0.3, 0.4) is 0 Å². The van der Waals surface area contributed by atoms with Gasteiger partial charge < -0.3 is 10.2 Å². The first kappa shape index (κ1) is 21.1. The first-order valence-corrected chi connectivity index (χ1v) is 9.87. The first-order chi connectivity index (χ1) is 13.1. The number of carboxylic acids is 1. The maximum atomic E-state index is 12.1. The Morgan fingerprint density at radius 2 is 1.93 bits per heavy atom. The van der Waals surface area contributed by atoms with Gasteiger partial charge in [0.2, 0.25) is 0 Å². The van der Waals surface area contributed by atoms with Crippen LogP contribution in [-0.4, -0.2) is 28.1 Å². The number of unbranched alkanes of at least 4 members (excludes halogenated alkanes) is 1. The van der Waals surface area contributed by atoms with E-state index >= 15 is 0 Å². The molecule has 0 heterocycles. The molecule has 3 atom stereocenters. The lowest BCUT2D eigenvalue weighted by Crippen LogP contribution is -2.17. The van der Waals surface area contributed by atoms with Crippen molar-refractivity contribution < 1.29 is 19.8 Å². The molecular weight excluding hydrogens is 340 g/mol.